The molecule has 1 aromatic carbocycles. The number of hydrogen-bond donors (Lipinski definition) is 3. The van der Waals surface area contributed by atoms with Gasteiger partial charge in [-0.25, -0.2) is 19.3 Å². The molecule has 3 atom stereocenters. The van der Waals surface area contributed by atoms with Crippen LogP contribution < -0.4 is 5.32 Å². The Bertz CT molecular complexity index is 1300. The summed E-state index contributed by atoms with van der Waals surface area (Å²) in [5.74, 6) is 0.109. The van der Waals surface area contributed by atoms with Gasteiger partial charge < -0.3 is 24.8 Å². The lowest BCUT2D eigenvalue weighted by Crippen LogP contribution is -2.52. The molecule has 0 amide bonds. The van der Waals surface area contributed by atoms with Crippen molar-refractivity contribution in [3.05, 3.63) is 46.6 Å². The molecule has 2 bridgehead atoms. The Morgan fingerprint density at radius 2 is 2.06 bits per heavy atom. The van der Waals surface area contributed by atoms with E-state index >= 15 is 4.39 Å². The Labute approximate surface area is 201 Å². The first-order chi connectivity index (χ1) is 16.0. The van der Waals surface area contributed by atoms with Crippen molar-refractivity contribution in [1.82, 2.24) is 19.5 Å². The summed E-state index contributed by atoms with van der Waals surface area (Å²) in [7, 11) is 0. The predicted molar refractivity (Wildman–Crippen MR) is 127 cm³/mol. The van der Waals surface area contributed by atoms with Gasteiger partial charge in [-0.1, -0.05) is 17.7 Å². The Morgan fingerprint density at radius 3 is 2.68 bits per heavy atom. The molecule has 0 radical (unpaired) electrons. The fraction of sp³-hybridized carbons (Fsp3) is 0.458. The maximum atomic E-state index is 15.2. The lowest BCUT2D eigenvalue weighted by atomic mass is 9.87. The van der Waals surface area contributed by atoms with Crippen LogP contribution in [0, 0.1) is 5.82 Å². The van der Waals surface area contributed by atoms with Gasteiger partial charge in [0.15, 0.2) is 5.82 Å². The lowest BCUT2D eigenvalue weighted by molar-refractivity contribution is -0.0647. The fourth-order valence-corrected chi connectivity index (χ4v) is 4.89. The Hall–Kier alpha value is -2.59. The second kappa shape index (κ2) is 8.27. The van der Waals surface area contributed by atoms with Gasteiger partial charge in [-0.15, -0.1) is 0 Å². The van der Waals surface area contributed by atoms with Gasteiger partial charge in [-0.3, -0.25) is 0 Å². The number of fused-ring (bicyclic) bond motifs is 4. The molecule has 1 saturated heterocycles. The van der Waals surface area contributed by atoms with Crippen LogP contribution >= 0.6 is 11.6 Å². The highest BCUT2D eigenvalue weighted by Crippen LogP contribution is 2.35. The number of imidazole rings is 1. The van der Waals surface area contributed by atoms with Gasteiger partial charge >= 0.3 is 0 Å². The van der Waals surface area contributed by atoms with Crippen molar-refractivity contribution < 1.29 is 19.3 Å². The summed E-state index contributed by atoms with van der Waals surface area (Å²) in [5.41, 5.74) is 1.21. The molecule has 10 heteroatoms. The molecule has 1 fully saturated rings. The minimum Gasteiger partial charge on any atom is -0.388 e. The molecule has 6 rings (SSSR count). The zero-order valence-corrected chi connectivity index (χ0v) is 20.1. The monoisotopic (exact) mass is 487 g/mol. The molecule has 34 heavy (non-hydrogen) atoms. The topological polar surface area (TPSA) is 105 Å². The predicted octanol–water partition coefficient (Wildman–Crippen LogP) is 3.96. The number of aliphatic hydroxyl groups is 2. The number of aliphatic hydroxyl groups excluding tert-OH is 1. The average molecular weight is 488 g/mol. The minimum absolute atomic E-state index is 0.0714. The molecular formula is C24H27ClFN5O3. The molecule has 3 aromatic rings. The van der Waals surface area contributed by atoms with E-state index in [1.54, 1.807) is 19.9 Å². The van der Waals surface area contributed by atoms with E-state index in [1.807, 2.05) is 18.4 Å². The molecular weight excluding hydrogens is 461 g/mol. The number of rotatable bonds is 5. The van der Waals surface area contributed by atoms with Crippen molar-refractivity contribution in [2.75, 3.05) is 11.9 Å². The van der Waals surface area contributed by atoms with E-state index in [9.17, 15) is 10.2 Å². The number of aromatic nitrogens is 4. The molecule has 8 nitrogen and oxygen atoms in total. The highest BCUT2D eigenvalue weighted by molar-refractivity contribution is 6.33. The van der Waals surface area contributed by atoms with Crippen molar-refractivity contribution in [2.24, 2.45) is 0 Å². The van der Waals surface area contributed by atoms with Crippen LogP contribution in [0.4, 0.5) is 10.3 Å². The van der Waals surface area contributed by atoms with Crippen LogP contribution in [0.25, 0.3) is 22.3 Å². The van der Waals surface area contributed by atoms with E-state index in [1.165, 1.54) is 12.3 Å². The third-order valence-electron chi connectivity index (χ3n) is 6.31. The van der Waals surface area contributed by atoms with Gasteiger partial charge in [0.1, 0.15) is 23.0 Å². The number of ether oxygens (including phenoxy) is 1. The van der Waals surface area contributed by atoms with Crippen LogP contribution in [-0.4, -0.2) is 54.6 Å². The first kappa shape index (κ1) is 23.2. The van der Waals surface area contributed by atoms with Crippen LogP contribution in [0.15, 0.2) is 30.0 Å². The zero-order valence-electron chi connectivity index (χ0n) is 19.4. The maximum absolute atomic E-state index is 15.2. The molecule has 0 spiro atoms. The normalized spacial score (nSPS) is 22.5. The molecule has 2 aromatic heterocycles. The number of benzene rings is 1. The van der Waals surface area contributed by atoms with E-state index < -0.39 is 17.5 Å². The zero-order chi connectivity index (χ0) is 24.4. The molecule has 180 valence electrons. The number of anilines is 1. The maximum Gasteiger partial charge on any atom is 0.223 e. The van der Waals surface area contributed by atoms with E-state index in [4.69, 9.17) is 16.3 Å². The number of hydrogen-bond acceptors (Lipinski definition) is 7. The summed E-state index contributed by atoms with van der Waals surface area (Å²) in [6.07, 6.45) is 3.21. The molecule has 0 unspecified atom stereocenters. The lowest BCUT2D eigenvalue weighted by Gasteiger charge is -2.40. The highest BCUT2D eigenvalue weighted by atomic mass is 35.5. The summed E-state index contributed by atoms with van der Waals surface area (Å²) in [5, 5.41) is 24.6. The van der Waals surface area contributed by atoms with Gasteiger partial charge in [0, 0.05) is 11.6 Å². The van der Waals surface area contributed by atoms with Crippen LogP contribution in [0.2, 0.25) is 5.02 Å². The van der Waals surface area contributed by atoms with Crippen molar-refractivity contribution in [1.29, 1.82) is 0 Å². The van der Waals surface area contributed by atoms with Crippen molar-refractivity contribution in [3.63, 3.8) is 0 Å². The standard InChI is InChI=1S/C24H27ClFN5O3/c1-11(2)31-16-8-13(7-15(26)20(16)28-22(31)24(3,4)33)18-14(25)9-27-23(29-18)30-19-12-5-6-17(21(19)32)34-10-12/h5,7-9,11,17,19,21,32-33H,6,10H2,1-4H3,(H,27,29,30)/t17-,19+,21+/m1/s1. The third-order valence-corrected chi connectivity index (χ3v) is 6.59. The quantitative estimate of drug-likeness (QED) is 0.468. The van der Waals surface area contributed by atoms with Gasteiger partial charge in [0.2, 0.25) is 5.95 Å². The fourth-order valence-electron chi connectivity index (χ4n) is 4.69. The minimum atomic E-state index is -1.25. The Balaban J connectivity index is 1.58. The molecule has 1 aliphatic carbocycles. The van der Waals surface area contributed by atoms with Crippen molar-refractivity contribution in [3.8, 4) is 11.3 Å². The first-order valence-electron chi connectivity index (χ1n) is 11.3. The summed E-state index contributed by atoms with van der Waals surface area (Å²) < 4.78 is 22.6. The molecule has 0 saturated carbocycles. The van der Waals surface area contributed by atoms with Crippen LogP contribution in [-0.2, 0) is 10.3 Å². The summed E-state index contributed by atoms with van der Waals surface area (Å²) in [4.78, 5) is 13.2. The first-order valence-corrected chi connectivity index (χ1v) is 11.6. The van der Waals surface area contributed by atoms with E-state index in [2.05, 4.69) is 26.3 Å². The van der Waals surface area contributed by atoms with Crippen molar-refractivity contribution in [2.45, 2.75) is 64.0 Å². The van der Waals surface area contributed by atoms with Gasteiger partial charge in [-0.05, 0) is 51.8 Å². The van der Waals surface area contributed by atoms with Crippen molar-refractivity contribution >= 4 is 28.6 Å². The SMILES string of the molecule is CC(C)n1c(C(C)(C)O)nc2c(F)cc(-c3nc(N[C@H]4C5=CC[C@@H](OC5)[C@@H]4O)ncc3Cl)cc21. The molecule has 3 aliphatic rings. The average Bonchev–Trinajstić information content (AvgIpc) is 3.19. The van der Waals surface area contributed by atoms with Gasteiger partial charge in [0.05, 0.1) is 41.2 Å². The number of nitrogens with zero attached hydrogens (tertiary/aromatic N) is 4. The molecule has 2 aliphatic heterocycles. The molecule has 3 N–H and O–H groups in total. The smallest absolute Gasteiger partial charge is 0.223 e. The summed E-state index contributed by atoms with van der Waals surface area (Å²) in [6.45, 7) is 7.59. The Morgan fingerprint density at radius 1 is 1.29 bits per heavy atom. The second-order valence-electron chi connectivity index (χ2n) is 9.65. The van der Waals surface area contributed by atoms with Crippen LogP contribution in [0.1, 0.15) is 46.0 Å². The number of halogens is 2. The summed E-state index contributed by atoms with van der Waals surface area (Å²) >= 11 is 6.43. The second-order valence-corrected chi connectivity index (χ2v) is 10.1. The summed E-state index contributed by atoms with van der Waals surface area (Å²) in [6, 6.07) is 2.67. The van der Waals surface area contributed by atoms with Gasteiger partial charge in [-0.2, -0.15) is 0 Å². The van der Waals surface area contributed by atoms with Crippen LogP contribution in [0.3, 0.4) is 0 Å². The van der Waals surface area contributed by atoms with E-state index in [0.29, 0.717) is 35.6 Å². The van der Waals surface area contributed by atoms with Gasteiger partial charge in [0.25, 0.3) is 0 Å². The third kappa shape index (κ3) is 3.86. The largest absolute Gasteiger partial charge is 0.388 e. The number of nitrogens with one attached hydrogen (secondary N) is 1. The Kier molecular flexibility index (Phi) is 5.63. The van der Waals surface area contributed by atoms with E-state index in [0.717, 1.165) is 5.57 Å². The van der Waals surface area contributed by atoms with E-state index in [-0.39, 0.29) is 34.7 Å². The molecule has 4 heterocycles. The highest BCUT2D eigenvalue weighted by Gasteiger charge is 2.39. The van der Waals surface area contributed by atoms with Crippen LogP contribution in [0.5, 0.6) is 0 Å².